The first-order valence-electron chi connectivity index (χ1n) is 7.80. The van der Waals surface area contributed by atoms with E-state index in [4.69, 9.17) is 9.47 Å². The number of carbonyl (C=O) groups is 2. The molecule has 1 aromatic carbocycles. The van der Waals surface area contributed by atoms with Crippen molar-refractivity contribution in [2.75, 3.05) is 13.3 Å². The number of carbonyl (C=O) groups excluding carboxylic acids is 2. The lowest BCUT2D eigenvalue weighted by Gasteiger charge is -2.17. The molecular weight excluding hydrogens is 301 g/mol. The van der Waals surface area contributed by atoms with Crippen molar-refractivity contribution in [1.29, 1.82) is 0 Å². The van der Waals surface area contributed by atoms with Crippen molar-refractivity contribution in [3.63, 3.8) is 0 Å². The van der Waals surface area contributed by atoms with Crippen LogP contribution in [0.4, 0.5) is 9.18 Å². The summed E-state index contributed by atoms with van der Waals surface area (Å²) < 4.78 is 23.0. The lowest BCUT2D eigenvalue weighted by molar-refractivity contribution is -0.147. The summed E-state index contributed by atoms with van der Waals surface area (Å²) in [4.78, 5) is 23.4. The number of halogens is 1. The first-order chi connectivity index (χ1) is 11.1. The maximum absolute atomic E-state index is 12.9. The van der Waals surface area contributed by atoms with Crippen molar-refractivity contribution in [3.8, 4) is 0 Å². The first-order valence-corrected chi connectivity index (χ1v) is 7.80. The summed E-state index contributed by atoms with van der Waals surface area (Å²) in [6.45, 7) is 3.22. The average Bonchev–Trinajstić information content (AvgIpc) is 2.59. The Balaban J connectivity index is 2.38. The Hall–Kier alpha value is -2.11. The topological polar surface area (TPSA) is 64.6 Å². The highest BCUT2D eigenvalue weighted by molar-refractivity contribution is 5.81. The van der Waals surface area contributed by atoms with Crippen LogP contribution in [0, 0.1) is 5.92 Å². The van der Waals surface area contributed by atoms with E-state index in [0.717, 1.165) is 18.4 Å². The van der Waals surface area contributed by atoms with Gasteiger partial charge >= 0.3 is 12.1 Å². The van der Waals surface area contributed by atoms with Gasteiger partial charge in [-0.3, -0.25) is 0 Å². The molecule has 5 nitrogen and oxygen atoms in total. The minimum absolute atomic E-state index is 0.0501. The number of esters is 1. The minimum atomic E-state index is -1.34. The second-order valence-corrected chi connectivity index (χ2v) is 5.23. The smallest absolute Gasteiger partial charge is 0.408 e. The second-order valence-electron chi connectivity index (χ2n) is 5.23. The van der Waals surface area contributed by atoms with Crippen LogP contribution >= 0.6 is 0 Å². The minimum Gasteiger partial charge on any atom is -0.464 e. The highest BCUT2D eigenvalue weighted by Gasteiger charge is 2.23. The van der Waals surface area contributed by atoms with E-state index < -0.39 is 24.8 Å². The van der Waals surface area contributed by atoms with Crippen LogP contribution in [0.2, 0.25) is 0 Å². The normalized spacial score (nSPS) is 11.8. The largest absolute Gasteiger partial charge is 0.464 e. The van der Waals surface area contributed by atoms with Crippen LogP contribution in [0.1, 0.15) is 32.3 Å². The zero-order valence-corrected chi connectivity index (χ0v) is 13.6. The third-order valence-electron chi connectivity index (χ3n) is 3.56. The molecule has 1 rings (SSSR count). The van der Waals surface area contributed by atoms with Gasteiger partial charge in [0.1, 0.15) is 13.3 Å². The third-order valence-corrected chi connectivity index (χ3v) is 3.56. The average molecular weight is 325 g/mol. The Morgan fingerprint density at radius 3 is 2.35 bits per heavy atom. The van der Waals surface area contributed by atoms with Crippen LogP contribution in [-0.4, -0.2) is 31.4 Å². The lowest BCUT2D eigenvalue weighted by atomic mass is 10.1. The fourth-order valence-electron chi connectivity index (χ4n) is 1.89. The van der Waals surface area contributed by atoms with Gasteiger partial charge in [0.15, 0.2) is 6.04 Å². The number of hydrogen-bond donors (Lipinski definition) is 1. The third kappa shape index (κ3) is 7.13. The van der Waals surface area contributed by atoms with E-state index in [1.807, 2.05) is 32.0 Å². The Bertz CT molecular complexity index is 477. The number of nitrogens with one attached hydrogen (secondary N) is 1. The van der Waals surface area contributed by atoms with E-state index in [2.05, 4.69) is 5.32 Å². The molecule has 0 heterocycles. The SMILES string of the molecule is CCC(CC)COC(=O)[C@H](CF)NC(=O)OCc1ccccc1. The van der Waals surface area contributed by atoms with Crippen molar-refractivity contribution < 1.29 is 23.5 Å². The van der Waals surface area contributed by atoms with E-state index in [1.165, 1.54) is 0 Å². The molecule has 1 atom stereocenters. The Morgan fingerprint density at radius 1 is 1.13 bits per heavy atom. The fourth-order valence-corrected chi connectivity index (χ4v) is 1.89. The van der Waals surface area contributed by atoms with E-state index in [1.54, 1.807) is 12.1 Å². The molecule has 0 fully saturated rings. The number of alkyl carbamates (subject to hydrolysis) is 1. The van der Waals surface area contributed by atoms with Crippen molar-refractivity contribution in [1.82, 2.24) is 5.32 Å². The van der Waals surface area contributed by atoms with Crippen molar-refractivity contribution >= 4 is 12.1 Å². The molecule has 1 amide bonds. The fraction of sp³-hybridized carbons (Fsp3) is 0.529. The van der Waals surface area contributed by atoms with Gasteiger partial charge in [-0.25, -0.2) is 14.0 Å². The predicted molar refractivity (Wildman–Crippen MR) is 84.6 cm³/mol. The Kier molecular flexibility index (Phi) is 8.72. The number of hydrogen-bond acceptors (Lipinski definition) is 4. The summed E-state index contributed by atoms with van der Waals surface area (Å²) in [7, 11) is 0. The second kappa shape index (κ2) is 10.6. The van der Waals surface area contributed by atoms with Crippen LogP contribution in [0.3, 0.4) is 0 Å². The number of benzene rings is 1. The summed E-state index contributed by atoms with van der Waals surface area (Å²) in [6, 6.07) is 7.73. The molecule has 6 heteroatoms. The number of rotatable bonds is 9. The highest BCUT2D eigenvalue weighted by Crippen LogP contribution is 2.08. The van der Waals surface area contributed by atoms with Gasteiger partial charge in [-0.15, -0.1) is 0 Å². The maximum Gasteiger partial charge on any atom is 0.408 e. The highest BCUT2D eigenvalue weighted by atomic mass is 19.1. The summed E-state index contributed by atoms with van der Waals surface area (Å²) in [5, 5.41) is 2.19. The molecule has 0 saturated carbocycles. The van der Waals surface area contributed by atoms with Crippen molar-refractivity contribution in [2.45, 2.75) is 39.3 Å². The number of ether oxygens (including phenoxy) is 2. The molecule has 0 unspecified atom stereocenters. The lowest BCUT2D eigenvalue weighted by Crippen LogP contribution is -2.44. The van der Waals surface area contributed by atoms with Gasteiger partial charge < -0.3 is 14.8 Å². The standard InChI is InChI=1S/C17H24FNO4/c1-3-13(4-2)11-22-16(20)15(10-18)19-17(21)23-12-14-8-6-5-7-9-14/h5-9,13,15H,3-4,10-12H2,1-2H3,(H,19,21)/t15-/m0/s1. The van der Waals surface area contributed by atoms with Crippen LogP contribution in [0.5, 0.6) is 0 Å². The summed E-state index contributed by atoms with van der Waals surface area (Å²) >= 11 is 0. The van der Waals surface area contributed by atoms with Gasteiger partial charge in [0.2, 0.25) is 0 Å². The van der Waals surface area contributed by atoms with Crippen LogP contribution in [0.15, 0.2) is 30.3 Å². The van der Waals surface area contributed by atoms with Crippen LogP contribution < -0.4 is 5.32 Å². The maximum atomic E-state index is 12.9. The Morgan fingerprint density at radius 2 is 1.78 bits per heavy atom. The van der Waals surface area contributed by atoms with Gasteiger partial charge in [0.25, 0.3) is 0 Å². The molecule has 1 aromatic rings. The molecule has 0 saturated heterocycles. The van der Waals surface area contributed by atoms with Gasteiger partial charge in [0.05, 0.1) is 6.61 Å². The summed E-state index contributed by atoms with van der Waals surface area (Å²) in [6.07, 6.45) is 0.892. The van der Waals surface area contributed by atoms with E-state index in [-0.39, 0.29) is 19.1 Å². The molecule has 0 aliphatic rings. The molecule has 0 bridgehead atoms. The Labute approximate surface area is 136 Å². The molecular formula is C17H24FNO4. The van der Waals surface area contributed by atoms with E-state index >= 15 is 0 Å². The zero-order valence-electron chi connectivity index (χ0n) is 13.6. The first kappa shape index (κ1) is 18.9. The van der Waals surface area contributed by atoms with Gasteiger partial charge in [0, 0.05) is 0 Å². The molecule has 128 valence electrons. The quantitative estimate of drug-likeness (QED) is 0.708. The zero-order chi connectivity index (χ0) is 17.1. The number of alkyl halides is 1. The summed E-state index contributed by atoms with van der Waals surface area (Å²) in [5.74, 6) is -0.541. The van der Waals surface area contributed by atoms with Crippen LogP contribution in [0.25, 0.3) is 0 Å². The molecule has 0 aliphatic heterocycles. The molecule has 0 aliphatic carbocycles. The van der Waals surface area contributed by atoms with Crippen molar-refractivity contribution in [3.05, 3.63) is 35.9 Å². The molecule has 0 radical (unpaired) electrons. The molecule has 0 aromatic heterocycles. The summed E-state index contributed by atoms with van der Waals surface area (Å²) in [5.41, 5.74) is 0.802. The van der Waals surface area contributed by atoms with E-state index in [9.17, 15) is 14.0 Å². The predicted octanol–water partition coefficient (Wildman–Crippen LogP) is 3.23. The van der Waals surface area contributed by atoms with Crippen molar-refractivity contribution in [2.24, 2.45) is 5.92 Å². The number of amides is 1. The molecule has 1 N–H and O–H groups in total. The molecule has 23 heavy (non-hydrogen) atoms. The van der Waals surface area contributed by atoms with Gasteiger partial charge in [-0.1, -0.05) is 57.0 Å². The monoisotopic (exact) mass is 325 g/mol. The van der Waals surface area contributed by atoms with Gasteiger partial charge in [-0.2, -0.15) is 0 Å². The van der Waals surface area contributed by atoms with E-state index in [0.29, 0.717) is 0 Å². The van der Waals surface area contributed by atoms with Crippen LogP contribution in [-0.2, 0) is 20.9 Å². The molecule has 0 spiro atoms. The van der Waals surface area contributed by atoms with Gasteiger partial charge in [-0.05, 0) is 11.5 Å².